The third-order valence-corrected chi connectivity index (χ3v) is 4.36. The van der Waals surface area contributed by atoms with Gasteiger partial charge in [0.2, 0.25) is 5.82 Å². The number of aryl methyl sites for hydroxylation is 2. The highest BCUT2D eigenvalue weighted by molar-refractivity contribution is 5.90. The third-order valence-electron chi connectivity index (χ3n) is 4.36. The second kappa shape index (κ2) is 8.47. The van der Waals surface area contributed by atoms with E-state index < -0.39 is 0 Å². The number of carbonyl (C=O) groups is 1. The first-order valence-electron chi connectivity index (χ1n) is 9.33. The van der Waals surface area contributed by atoms with Gasteiger partial charge < -0.3 is 4.74 Å². The summed E-state index contributed by atoms with van der Waals surface area (Å²) in [5.74, 6) is 0.188. The Morgan fingerprint density at radius 2 is 1.72 bits per heavy atom. The molecule has 2 heterocycles. The van der Waals surface area contributed by atoms with E-state index in [1.54, 1.807) is 17.8 Å². The van der Waals surface area contributed by atoms with Crippen LogP contribution in [0.2, 0.25) is 0 Å². The average Bonchev–Trinajstić information content (AvgIpc) is 3.39. The fourth-order valence-electron chi connectivity index (χ4n) is 2.86. The van der Waals surface area contributed by atoms with Gasteiger partial charge in [-0.15, -0.1) is 10.2 Å². The van der Waals surface area contributed by atoms with E-state index in [2.05, 4.69) is 20.5 Å². The molecule has 2 aromatic heterocycles. The Bertz CT molecular complexity index is 1090. The number of nitrogens with zero attached hydrogens (tertiary/aromatic N) is 6. The highest BCUT2D eigenvalue weighted by Crippen LogP contribution is 2.14. The number of para-hydroxylation sites is 1. The van der Waals surface area contributed by atoms with Crippen LogP contribution in [0.3, 0.4) is 0 Å². The number of ether oxygens (including phenoxy) is 1. The molecule has 0 bridgehead atoms. The minimum Gasteiger partial charge on any atom is -0.462 e. The van der Waals surface area contributed by atoms with Crippen molar-refractivity contribution in [1.82, 2.24) is 30.0 Å². The number of aromatic nitrogens is 6. The van der Waals surface area contributed by atoms with E-state index in [1.807, 2.05) is 60.7 Å². The Morgan fingerprint density at radius 1 is 1.00 bits per heavy atom. The standard InChI is InChI=1S/C21H20N6O2/c1-16-19(15-26(23-16)18-11-6-3-7-12-18)21(28)29-14-8-13-27-24-20(22-25-27)17-9-4-2-5-10-17/h2-7,9-12,15H,8,13-14H2,1H3. The number of carbonyl (C=O) groups excluding carboxylic acids is 1. The maximum Gasteiger partial charge on any atom is 0.341 e. The lowest BCUT2D eigenvalue weighted by molar-refractivity contribution is 0.0492. The molecule has 4 rings (SSSR count). The normalized spacial score (nSPS) is 10.8. The van der Waals surface area contributed by atoms with Crippen LogP contribution in [0.1, 0.15) is 22.5 Å². The molecule has 29 heavy (non-hydrogen) atoms. The molecule has 0 saturated heterocycles. The van der Waals surface area contributed by atoms with E-state index in [4.69, 9.17) is 4.74 Å². The molecule has 0 aliphatic carbocycles. The average molecular weight is 388 g/mol. The lowest BCUT2D eigenvalue weighted by Crippen LogP contribution is -2.10. The molecule has 0 aliphatic rings. The number of esters is 1. The zero-order valence-electron chi connectivity index (χ0n) is 16.0. The monoisotopic (exact) mass is 388 g/mol. The van der Waals surface area contributed by atoms with Crippen LogP contribution in [0.25, 0.3) is 17.1 Å². The van der Waals surface area contributed by atoms with Crippen LogP contribution in [0.5, 0.6) is 0 Å². The zero-order chi connectivity index (χ0) is 20.1. The van der Waals surface area contributed by atoms with Gasteiger partial charge in [-0.1, -0.05) is 48.5 Å². The summed E-state index contributed by atoms with van der Waals surface area (Å²) in [6.07, 6.45) is 2.28. The zero-order valence-corrected chi connectivity index (χ0v) is 16.0. The predicted octanol–water partition coefficient (Wildman–Crippen LogP) is 3.08. The quantitative estimate of drug-likeness (QED) is 0.357. The first-order chi connectivity index (χ1) is 14.2. The van der Waals surface area contributed by atoms with Gasteiger partial charge in [0.05, 0.1) is 24.5 Å². The van der Waals surface area contributed by atoms with Crippen molar-refractivity contribution in [2.45, 2.75) is 19.9 Å². The summed E-state index contributed by atoms with van der Waals surface area (Å²) < 4.78 is 7.07. The van der Waals surface area contributed by atoms with E-state index in [0.29, 0.717) is 30.0 Å². The highest BCUT2D eigenvalue weighted by Gasteiger charge is 2.15. The van der Waals surface area contributed by atoms with Gasteiger partial charge in [-0.2, -0.15) is 9.90 Å². The summed E-state index contributed by atoms with van der Waals surface area (Å²) in [6, 6.07) is 19.3. The van der Waals surface area contributed by atoms with Crippen LogP contribution in [0, 0.1) is 6.92 Å². The lowest BCUT2D eigenvalue weighted by atomic mass is 10.2. The largest absolute Gasteiger partial charge is 0.462 e. The van der Waals surface area contributed by atoms with Gasteiger partial charge in [0.1, 0.15) is 5.56 Å². The number of tetrazole rings is 1. The summed E-state index contributed by atoms with van der Waals surface area (Å²) >= 11 is 0. The topological polar surface area (TPSA) is 87.7 Å². The molecule has 0 amide bonds. The van der Waals surface area contributed by atoms with Crippen molar-refractivity contribution in [3.8, 4) is 17.1 Å². The van der Waals surface area contributed by atoms with E-state index in [0.717, 1.165) is 11.3 Å². The van der Waals surface area contributed by atoms with Crippen molar-refractivity contribution in [2.75, 3.05) is 6.61 Å². The van der Waals surface area contributed by atoms with Gasteiger partial charge in [0.25, 0.3) is 0 Å². The Kier molecular flexibility index (Phi) is 5.42. The SMILES string of the molecule is Cc1nn(-c2ccccc2)cc1C(=O)OCCCn1nnc(-c2ccccc2)n1. The number of hydrogen-bond acceptors (Lipinski definition) is 6. The lowest BCUT2D eigenvalue weighted by Gasteiger charge is -2.03. The fraction of sp³-hybridized carbons (Fsp3) is 0.190. The molecule has 4 aromatic rings. The van der Waals surface area contributed by atoms with Crippen molar-refractivity contribution in [2.24, 2.45) is 0 Å². The smallest absolute Gasteiger partial charge is 0.341 e. The Labute approximate surface area is 167 Å². The van der Waals surface area contributed by atoms with Crippen LogP contribution in [0.15, 0.2) is 66.9 Å². The molecule has 0 unspecified atom stereocenters. The first-order valence-corrected chi connectivity index (χ1v) is 9.33. The van der Waals surface area contributed by atoms with Gasteiger partial charge in [-0.25, -0.2) is 9.48 Å². The van der Waals surface area contributed by atoms with Gasteiger partial charge in [0, 0.05) is 18.2 Å². The summed E-state index contributed by atoms with van der Waals surface area (Å²) in [7, 11) is 0. The molecule has 8 nitrogen and oxygen atoms in total. The van der Waals surface area contributed by atoms with Crippen LogP contribution < -0.4 is 0 Å². The number of rotatable bonds is 7. The van der Waals surface area contributed by atoms with Crippen molar-refractivity contribution in [3.63, 3.8) is 0 Å². The van der Waals surface area contributed by atoms with E-state index >= 15 is 0 Å². The maximum absolute atomic E-state index is 12.4. The van der Waals surface area contributed by atoms with Crippen LogP contribution >= 0.6 is 0 Å². The second-order valence-electron chi connectivity index (χ2n) is 6.47. The van der Waals surface area contributed by atoms with Crippen molar-refractivity contribution in [1.29, 1.82) is 0 Å². The van der Waals surface area contributed by atoms with E-state index in [9.17, 15) is 4.79 Å². The van der Waals surface area contributed by atoms with Crippen LogP contribution in [0.4, 0.5) is 0 Å². The molecule has 146 valence electrons. The summed E-state index contributed by atoms with van der Waals surface area (Å²) in [5, 5.41) is 16.8. The molecule has 0 saturated carbocycles. The molecule has 0 spiro atoms. The fourth-order valence-corrected chi connectivity index (χ4v) is 2.86. The molecule has 8 heteroatoms. The summed E-state index contributed by atoms with van der Waals surface area (Å²) in [4.78, 5) is 13.9. The number of hydrogen-bond donors (Lipinski definition) is 0. The van der Waals surface area contributed by atoms with Gasteiger partial charge in [-0.3, -0.25) is 0 Å². The summed E-state index contributed by atoms with van der Waals surface area (Å²) in [5.41, 5.74) is 2.89. The molecule has 0 N–H and O–H groups in total. The molecule has 0 fully saturated rings. The molecular weight excluding hydrogens is 368 g/mol. The molecule has 0 aliphatic heterocycles. The molecule has 0 atom stereocenters. The summed E-state index contributed by atoms with van der Waals surface area (Å²) in [6.45, 7) is 2.56. The second-order valence-corrected chi connectivity index (χ2v) is 6.47. The minimum absolute atomic E-state index is 0.261. The minimum atomic E-state index is -0.388. The van der Waals surface area contributed by atoms with Crippen LogP contribution in [-0.4, -0.2) is 42.6 Å². The predicted molar refractivity (Wildman–Crippen MR) is 106 cm³/mol. The molecule has 2 aromatic carbocycles. The molecule has 0 radical (unpaired) electrons. The van der Waals surface area contributed by atoms with Crippen molar-refractivity contribution in [3.05, 3.63) is 78.1 Å². The highest BCUT2D eigenvalue weighted by atomic mass is 16.5. The first kappa shape index (κ1) is 18.5. The number of benzene rings is 2. The van der Waals surface area contributed by atoms with Gasteiger partial charge in [0.15, 0.2) is 0 Å². The van der Waals surface area contributed by atoms with Gasteiger partial charge in [-0.05, 0) is 24.3 Å². The Hall–Kier alpha value is -3.81. The van der Waals surface area contributed by atoms with Crippen LogP contribution in [-0.2, 0) is 11.3 Å². The third kappa shape index (κ3) is 4.37. The van der Waals surface area contributed by atoms with Gasteiger partial charge >= 0.3 is 5.97 Å². The molecular formula is C21H20N6O2. The van der Waals surface area contributed by atoms with Crippen molar-refractivity contribution >= 4 is 5.97 Å². The van der Waals surface area contributed by atoms with E-state index in [1.165, 1.54) is 4.80 Å². The Balaban J connectivity index is 1.30. The maximum atomic E-state index is 12.4. The van der Waals surface area contributed by atoms with Crippen molar-refractivity contribution < 1.29 is 9.53 Å². The van der Waals surface area contributed by atoms with E-state index in [-0.39, 0.29) is 12.6 Å². The Morgan fingerprint density at radius 3 is 2.48 bits per heavy atom.